The quantitative estimate of drug-likeness (QED) is 0.654. The number of hydrogen-bond acceptors (Lipinski definition) is 5. The summed E-state index contributed by atoms with van der Waals surface area (Å²) in [5, 5.41) is 0. The summed E-state index contributed by atoms with van der Waals surface area (Å²) in [5.41, 5.74) is 6.29. The van der Waals surface area contributed by atoms with Gasteiger partial charge in [0.2, 0.25) is 5.91 Å². The fraction of sp³-hybridized carbons (Fsp3) is 0.519. The molecule has 1 saturated heterocycles. The van der Waals surface area contributed by atoms with Crippen LogP contribution in [0.3, 0.4) is 0 Å². The van der Waals surface area contributed by atoms with Gasteiger partial charge in [0.1, 0.15) is 6.61 Å². The molecule has 1 aromatic carbocycles. The van der Waals surface area contributed by atoms with Crippen LogP contribution in [0.15, 0.2) is 30.3 Å². The van der Waals surface area contributed by atoms with Crippen LogP contribution in [0.4, 0.5) is 5.69 Å². The number of fused-ring (bicyclic) bond motifs is 1. The Morgan fingerprint density at radius 3 is 2.35 bits per heavy atom. The largest absolute Gasteiger partial charge is 0.375 e. The van der Waals surface area contributed by atoms with E-state index >= 15 is 0 Å². The van der Waals surface area contributed by atoms with E-state index in [2.05, 4.69) is 28.1 Å². The molecule has 1 aromatic heterocycles. The number of piperidine rings is 1. The number of carbonyl (C=O) groups is 2. The molecule has 1 atom stereocenters. The van der Waals surface area contributed by atoms with Crippen LogP contribution in [0.25, 0.3) is 0 Å². The minimum absolute atomic E-state index is 0.00813. The number of pyridine rings is 1. The second kappa shape index (κ2) is 10.1. The average molecular weight is 465 g/mol. The average Bonchev–Trinajstić information content (AvgIpc) is 3.25. The summed E-state index contributed by atoms with van der Waals surface area (Å²) in [4.78, 5) is 36.3. The number of rotatable bonds is 6. The first-order valence-corrected chi connectivity index (χ1v) is 12.1. The predicted octanol–water partition coefficient (Wildman–Crippen LogP) is 3.53. The van der Waals surface area contributed by atoms with Crippen molar-refractivity contribution in [2.45, 2.75) is 51.6 Å². The molecule has 34 heavy (non-hydrogen) atoms. The van der Waals surface area contributed by atoms with E-state index in [0.29, 0.717) is 5.56 Å². The van der Waals surface area contributed by atoms with E-state index in [0.717, 1.165) is 55.7 Å². The van der Waals surface area contributed by atoms with E-state index in [-0.39, 0.29) is 30.5 Å². The van der Waals surface area contributed by atoms with Crippen molar-refractivity contribution in [2.24, 2.45) is 0 Å². The number of methoxy groups -OCH3 is 1. The second-order valence-electron chi connectivity index (χ2n) is 9.65. The molecule has 182 valence electrons. The van der Waals surface area contributed by atoms with Crippen LogP contribution < -0.4 is 4.90 Å². The highest BCUT2D eigenvalue weighted by atomic mass is 16.5. The summed E-state index contributed by atoms with van der Waals surface area (Å²) in [6, 6.07) is 10.5. The van der Waals surface area contributed by atoms with E-state index in [1.807, 2.05) is 45.0 Å². The van der Waals surface area contributed by atoms with E-state index in [4.69, 9.17) is 4.74 Å². The zero-order valence-electron chi connectivity index (χ0n) is 21.0. The number of amides is 2. The van der Waals surface area contributed by atoms with Gasteiger partial charge in [0, 0.05) is 63.0 Å². The molecule has 1 aliphatic heterocycles. The number of aryl methyl sites for hydroxylation is 3. The zero-order chi connectivity index (χ0) is 24.4. The lowest BCUT2D eigenvalue weighted by atomic mass is 9.99. The third kappa shape index (κ3) is 4.94. The Morgan fingerprint density at radius 1 is 1.03 bits per heavy atom. The molecular weight excluding hydrogens is 428 g/mol. The van der Waals surface area contributed by atoms with E-state index in [9.17, 15) is 9.59 Å². The highest BCUT2D eigenvalue weighted by Gasteiger charge is 2.31. The van der Waals surface area contributed by atoms with E-state index in [1.54, 1.807) is 4.90 Å². The van der Waals surface area contributed by atoms with Crippen LogP contribution in [-0.4, -0.2) is 73.5 Å². The first kappa shape index (κ1) is 24.2. The highest BCUT2D eigenvalue weighted by molar-refractivity contribution is 5.94. The third-order valence-electron chi connectivity index (χ3n) is 7.33. The van der Waals surface area contributed by atoms with Crippen molar-refractivity contribution in [1.29, 1.82) is 0 Å². The minimum atomic E-state index is -0.0412. The van der Waals surface area contributed by atoms with Gasteiger partial charge in [-0.3, -0.25) is 14.6 Å². The Morgan fingerprint density at radius 2 is 1.71 bits per heavy atom. The molecule has 7 nitrogen and oxygen atoms in total. The third-order valence-corrected chi connectivity index (χ3v) is 7.33. The number of aromatic nitrogens is 1. The monoisotopic (exact) mass is 464 g/mol. The number of anilines is 1. The summed E-state index contributed by atoms with van der Waals surface area (Å²) in [7, 11) is 5.27. The predicted molar refractivity (Wildman–Crippen MR) is 133 cm³/mol. The van der Waals surface area contributed by atoms with Crippen molar-refractivity contribution in [2.75, 3.05) is 45.8 Å². The number of carbonyl (C=O) groups excluding carboxylic acids is 2. The Balaban J connectivity index is 1.43. The normalized spacial score (nSPS) is 18.0. The van der Waals surface area contributed by atoms with Crippen molar-refractivity contribution < 1.29 is 14.3 Å². The molecular formula is C27H36N4O3. The molecule has 7 heteroatoms. The number of nitrogens with zero attached hydrogens (tertiary/aromatic N) is 4. The Kier molecular flexibility index (Phi) is 7.22. The standard InChI is InChI=1S/C27H36N4O3/c1-18-14-23(15-19(2)28-18)31-12-10-22(11-13-31)29(3)27(33)21-7-6-20-8-9-25(24(20)16-21)30(4)26(32)17-34-5/h6-7,14-16,22,25H,8-13,17H2,1-5H3. The van der Waals surface area contributed by atoms with Gasteiger partial charge in [-0.15, -0.1) is 0 Å². The van der Waals surface area contributed by atoms with Crippen LogP contribution in [0.5, 0.6) is 0 Å². The summed E-state index contributed by atoms with van der Waals surface area (Å²) in [5.74, 6) is 0.00825. The van der Waals surface area contributed by atoms with Crippen molar-refractivity contribution >= 4 is 17.5 Å². The molecule has 2 heterocycles. The molecule has 0 bridgehead atoms. The van der Waals surface area contributed by atoms with Gasteiger partial charge in [-0.1, -0.05) is 6.07 Å². The lowest BCUT2D eigenvalue weighted by molar-refractivity contribution is -0.136. The SMILES string of the molecule is COCC(=O)N(C)C1CCc2ccc(C(=O)N(C)C3CCN(c4cc(C)nc(C)c4)CC3)cc21. The molecule has 2 aromatic rings. The second-order valence-corrected chi connectivity index (χ2v) is 9.65. The summed E-state index contributed by atoms with van der Waals surface area (Å²) in [6.07, 6.45) is 3.66. The van der Waals surface area contributed by atoms with Gasteiger partial charge in [-0.2, -0.15) is 0 Å². The summed E-state index contributed by atoms with van der Waals surface area (Å²) in [6.45, 7) is 5.97. The van der Waals surface area contributed by atoms with Crippen LogP contribution in [-0.2, 0) is 16.0 Å². The molecule has 4 rings (SSSR count). The van der Waals surface area contributed by atoms with Crippen molar-refractivity contribution in [3.05, 3.63) is 58.4 Å². The number of benzene rings is 1. The van der Waals surface area contributed by atoms with Crippen molar-refractivity contribution in [3.8, 4) is 0 Å². The lowest BCUT2D eigenvalue weighted by Crippen LogP contribution is -2.45. The molecule has 0 saturated carbocycles. The highest BCUT2D eigenvalue weighted by Crippen LogP contribution is 2.36. The van der Waals surface area contributed by atoms with Gasteiger partial charge < -0.3 is 19.4 Å². The number of hydrogen-bond donors (Lipinski definition) is 0. The maximum Gasteiger partial charge on any atom is 0.253 e. The molecule has 0 spiro atoms. The topological polar surface area (TPSA) is 66.0 Å². The number of ether oxygens (including phenoxy) is 1. The van der Waals surface area contributed by atoms with Gasteiger partial charge in [0.05, 0.1) is 6.04 Å². The fourth-order valence-electron chi connectivity index (χ4n) is 5.39. The van der Waals surface area contributed by atoms with Gasteiger partial charge in [0.15, 0.2) is 0 Å². The molecule has 1 aliphatic carbocycles. The van der Waals surface area contributed by atoms with Gasteiger partial charge in [0.25, 0.3) is 5.91 Å². The minimum Gasteiger partial charge on any atom is -0.375 e. The smallest absolute Gasteiger partial charge is 0.253 e. The number of likely N-dealkylation sites (N-methyl/N-ethyl adjacent to an activating group) is 1. The lowest BCUT2D eigenvalue weighted by Gasteiger charge is -2.38. The Hall–Kier alpha value is -2.93. The Labute approximate surface area is 202 Å². The van der Waals surface area contributed by atoms with Gasteiger partial charge in [-0.25, -0.2) is 0 Å². The van der Waals surface area contributed by atoms with Crippen LogP contribution in [0.1, 0.15) is 58.2 Å². The molecule has 1 fully saturated rings. The van der Waals surface area contributed by atoms with Crippen LogP contribution in [0.2, 0.25) is 0 Å². The van der Waals surface area contributed by atoms with Gasteiger partial charge >= 0.3 is 0 Å². The zero-order valence-corrected chi connectivity index (χ0v) is 21.0. The van der Waals surface area contributed by atoms with Crippen molar-refractivity contribution in [3.63, 3.8) is 0 Å². The molecule has 2 aliphatic rings. The first-order valence-electron chi connectivity index (χ1n) is 12.1. The molecule has 0 radical (unpaired) electrons. The van der Waals surface area contributed by atoms with E-state index < -0.39 is 0 Å². The summed E-state index contributed by atoms with van der Waals surface area (Å²) >= 11 is 0. The van der Waals surface area contributed by atoms with Crippen LogP contribution >= 0.6 is 0 Å². The van der Waals surface area contributed by atoms with Crippen LogP contribution in [0, 0.1) is 13.8 Å². The summed E-state index contributed by atoms with van der Waals surface area (Å²) < 4.78 is 5.02. The first-order chi connectivity index (χ1) is 16.3. The maximum atomic E-state index is 13.4. The van der Waals surface area contributed by atoms with Crippen molar-refractivity contribution in [1.82, 2.24) is 14.8 Å². The molecule has 1 unspecified atom stereocenters. The maximum absolute atomic E-state index is 13.4. The molecule has 0 N–H and O–H groups in total. The fourth-order valence-corrected chi connectivity index (χ4v) is 5.39. The molecule has 2 amide bonds. The van der Waals surface area contributed by atoms with E-state index in [1.165, 1.54) is 18.4 Å². The van der Waals surface area contributed by atoms with Gasteiger partial charge in [-0.05, 0) is 74.9 Å². The Bertz CT molecular complexity index is 1040.